The molecule has 0 fully saturated rings. The summed E-state index contributed by atoms with van der Waals surface area (Å²) in [5.74, 6) is -0.190. The van der Waals surface area contributed by atoms with Crippen molar-refractivity contribution >= 4 is 23.2 Å². The van der Waals surface area contributed by atoms with Crippen LogP contribution in [0.1, 0.15) is 39.0 Å². The van der Waals surface area contributed by atoms with Gasteiger partial charge in [0.2, 0.25) is 0 Å². The second kappa shape index (κ2) is 7.71. The fourth-order valence-electron chi connectivity index (χ4n) is 1.04. The number of halogens is 2. The number of unbranched alkanes of at least 4 members (excludes halogenated alkanes) is 3. The quantitative estimate of drug-likeness (QED) is 0.479. The molecular formula is C9H15Cl2N. The molecular weight excluding hydrogens is 193 g/mol. The van der Waals surface area contributed by atoms with Crippen molar-refractivity contribution in [3.8, 4) is 6.07 Å². The Morgan fingerprint density at radius 1 is 1.25 bits per heavy atom. The number of rotatable bonds is 6. The molecule has 0 spiro atoms. The van der Waals surface area contributed by atoms with Crippen LogP contribution in [-0.2, 0) is 0 Å². The maximum atomic E-state index is 8.63. The summed E-state index contributed by atoms with van der Waals surface area (Å²) >= 11 is 11.2. The first-order valence-corrected chi connectivity index (χ1v) is 5.27. The van der Waals surface area contributed by atoms with Gasteiger partial charge in [-0.05, 0) is 6.42 Å². The molecule has 1 unspecified atom stereocenters. The Balaban J connectivity index is 3.41. The zero-order valence-corrected chi connectivity index (χ0v) is 8.91. The number of nitriles is 1. The van der Waals surface area contributed by atoms with E-state index < -0.39 is 4.84 Å². The van der Waals surface area contributed by atoms with E-state index in [-0.39, 0.29) is 5.92 Å². The third kappa shape index (κ3) is 5.69. The van der Waals surface area contributed by atoms with Crippen LogP contribution in [0.15, 0.2) is 0 Å². The van der Waals surface area contributed by atoms with Crippen LogP contribution < -0.4 is 0 Å². The maximum absolute atomic E-state index is 8.63. The normalized spacial score (nSPS) is 12.9. The molecule has 1 nitrogen and oxygen atoms in total. The highest BCUT2D eigenvalue weighted by Gasteiger charge is 2.14. The molecule has 0 aromatic rings. The van der Waals surface area contributed by atoms with Gasteiger partial charge in [0, 0.05) is 0 Å². The smallest absolute Gasteiger partial charge is 0.123 e. The summed E-state index contributed by atoms with van der Waals surface area (Å²) in [6.07, 6.45) is 5.50. The van der Waals surface area contributed by atoms with Crippen LogP contribution in [0.2, 0.25) is 0 Å². The zero-order chi connectivity index (χ0) is 9.40. The van der Waals surface area contributed by atoms with Crippen molar-refractivity contribution in [1.82, 2.24) is 0 Å². The third-order valence-electron chi connectivity index (χ3n) is 1.84. The lowest BCUT2D eigenvalue weighted by Crippen LogP contribution is -2.06. The topological polar surface area (TPSA) is 23.8 Å². The standard InChI is InChI=1S/C9H15Cl2N/c1-2-3-4-5-6-8(7-12)9(10)11/h8-9H,2-6H2,1H3. The summed E-state index contributed by atoms with van der Waals surface area (Å²) in [4.78, 5) is -0.531. The first-order chi connectivity index (χ1) is 5.72. The predicted octanol–water partition coefficient (Wildman–Crippen LogP) is 3.90. The number of nitrogens with zero attached hydrogens (tertiary/aromatic N) is 1. The van der Waals surface area contributed by atoms with Crippen LogP contribution in [0.4, 0.5) is 0 Å². The number of hydrogen-bond acceptors (Lipinski definition) is 1. The van der Waals surface area contributed by atoms with Gasteiger partial charge in [-0.15, -0.1) is 23.2 Å². The molecule has 12 heavy (non-hydrogen) atoms. The van der Waals surface area contributed by atoms with E-state index in [1.165, 1.54) is 19.3 Å². The van der Waals surface area contributed by atoms with Crippen molar-refractivity contribution in [3.05, 3.63) is 0 Å². The average molecular weight is 208 g/mol. The molecule has 0 saturated heterocycles. The Bertz CT molecular complexity index is 140. The van der Waals surface area contributed by atoms with E-state index in [9.17, 15) is 0 Å². The zero-order valence-electron chi connectivity index (χ0n) is 7.39. The highest BCUT2D eigenvalue weighted by molar-refractivity contribution is 6.44. The van der Waals surface area contributed by atoms with Crippen molar-refractivity contribution in [1.29, 1.82) is 5.26 Å². The molecule has 1 atom stereocenters. The molecule has 0 amide bonds. The lowest BCUT2D eigenvalue weighted by molar-refractivity contribution is 0.559. The molecule has 0 aliphatic carbocycles. The van der Waals surface area contributed by atoms with E-state index in [2.05, 4.69) is 13.0 Å². The molecule has 70 valence electrons. The molecule has 0 aliphatic heterocycles. The van der Waals surface area contributed by atoms with Crippen molar-refractivity contribution in [2.45, 2.75) is 43.9 Å². The van der Waals surface area contributed by atoms with Crippen LogP contribution in [0.3, 0.4) is 0 Å². The molecule has 0 aromatic carbocycles. The van der Waals surface area contributed by atoms with Crippen molar-refractivity contribution in [2.75, 3.05) is 0 Å². The van der Waals surface area contributed by atoms with Gasteiger partial charge in [-0.25, -0.2) is 0 Å². The van der Waals surface area contributed by atoms with Gasteiger partial charge in [0.1, 0.15) is 4.84 Å². The van der Waals surface area contributed by atoms with Gasteiger partial charge >= 0.3 is 0 Å². The summed E-state index contributed by atoms with van der Waals surface area (Å²) < 4.78 is 0. The van der Waals surface area contributed by atoms with Gasteiger partial charge in [0.05, 0.1) is 12.0 Å². The number of alkyl halides is 2. The molecule has 0 aromatic heterocycles. The molecule has 0 radical (unpaired) electrons. The lowest BCUT2D eigenvalue weighted by Gasteiger charge is -2.08. The Kier molecular flexibility index (Phi) is 7.75. The monoisotopic (exact) mass is 207 g/mol. The minimum Gasteiger partial charge on any atom is -0.198 e. The van der Waals surface area contributed by atoms with Crippen molar-refractivity contribution < 1.29 is 0 Å². The maximum Gasteiger partial charge on any atom is 0.123 e. The molecule has 0 aliphatic rings. The van der Waals surface area contributed by atoms with E-state index >= 15 is 0 Å². The van der Waals surface area contributed by atoms with Gasteiger partial charge in [-0.3, -0.25) is 0 Å². The Labute approximate surface area is 84.7 Å². The van der Waals surface area contributed by atoms with E-state index in [0.29, 0.717) is 0 Å². The van der Waals surface area contributed by atoms with Crippen LogP contribution >= 0.6 is 23.2 Å². The van der Waals surface area contributed by atoms with Gasteiger partial charge < -0.3 is 0 Å². The van der Waals surface area contributed by atoms with Gasteiger partial charge in [0.25, 0.3) is 0 Å². The average Bonchev–Trinajstić information content (AvgIpc) is 2.04. The summed E-state index contributed by atoms with van der Waals surface area (Å²) in [5.41, 5.74) is 0. The second-order valence-electron chi connectivity index (χ2n) is 2.92. The number of hydrogen-bond donors (Lipinski definition) is 0. The summed E-state index contributed by atoms with van der Waals surface area (Å²) in [5, 5.41) is 8.63. The third-order valence-corrected chi connectivity index (χ3v) is 2.45. The van der Waals surface area contributed by atoms with Crippen LogP contribution in [-0.4, -0.2) is 4.84 Å². The largest absolute Gasteiger partial charge is 0.198 e. The van der Waals surface area contributed by atoms with Gasteiger partial charge in [0.15, 0.2) is 0 Å². The molecule has 0 bridgehead atoms. The minimum atomic E-state index is -0.531. The molecule has 0 saturated carbocycles. The van der Waals surface area contributed by atoms with Crippen LogP contribution in [0.25, 0.3) is 0 Å². The Hall–Kier alpha value is 0.0700. The molecule has 0 rings (SSSR count). The lowest BCUT2D eigenvalue weighted by atomic mass is 10.0. The van der Waals surface area contributed by atoms with Gasteiger partial charge in [-0.2, -0.15) is 5.26 Å². The highest BCUT2D eigenvalue weighted by Crippen LogP contribution is 2.20. The van der Waals surface area contributed by atoms with Crippen molar-refractivity contribution in [2.24, 2.45) is 5.92 Å². The second-order valence-corrected chi connectivity index (χ2v) is 4.08. The van der Waals surface area contributed by atoms with E-state index in [0.717, 1.165) is 12.8 Å². The summed E-state index contributed by atoms with van der Waals surface area (Å²) in [6, 6.07) is 2.11. The minimum absolute atomic E-state index is 0.190. The molecule has 0 heterocycles. The van der Waals surface area contributed by atoms with Crippen LogP contribution in [0, 0.1) is 17.2 Å². The van der Waals surface area contributed by atoms with Crippen LogP contribution in [0.5, 0.6) is 0 Å². The van der Waals surface area contributed by atoms with E-state index in [1.54, 1.807) is 0 Å². The molecule has 0 N–H and O–H groups in total. The summed E-state index contributed by atoms with van der Waals surface area (Å²) in [6.45, 7) is 2.16. The highest BCUT2D eigenvalue weighted by atomic mass is 35.5. The molecule has 3 heteroatoms. The van der Waals surface area contributed by atoms with Gasteiger partial charge in [-0.1, -0.05) is 32.6 Å². The Morgan fingerprint density at radius 2 is 1.92 bits per heavy atom. The predicted molar refractivity (Wildman–Crippen MR) is 53.4 cm³/mol. The van der Waals surface area contributed by atoms with Crippen molar-refractivity contribution in [3.63, 3.8) is 0 Å². The summed E-state index contributed by atoms with van der Waals surface area (Å²) in [7, 11) is 0. The SMILES string of the molecule is CCCCCCC(C#N)C(Cl)Cl. The van der Waals surface area contributed by atoms with E-state index in [1.807, 2.05) is 0 Å². The van der Waals surface area contributed by atoms with E-state index in [4.69, 9.17) is 28.5 Å². The first kappa shape index (κ1) is 12.1. The Morgan fingerprint density at radius 3 is 2.33 bits per heavy atom. The fraction of sp³-hybridized carbons (Fsp3) is 0.889. The first-order valence-electron chi connectivity index (χ1n) is 4.40. The fourth-order valence-corrected chi connectivity index (χ4v) is 1.40.